The van der Waals surface area contributed by atoms with Gasteiger partial charge in [-0.2, -0.15) is 5.26 Å². The summed E-state index contributed by atoms with van der Waals surface area (Å²) in [6.07, 6.45) is 1.80. The van der Waals surface area contributed by atoms with Crippen molar-refractivity contribution < 1.29 is 0 Å². The number of nitrogen functional groups attached to an aromatic ring is 1. The number of rotatable bonds is 2. The number of pyridine rings is 1. The molecule has 3 rings (SSSR count). The second-order valence-corrected chi connectivity index (χ2v) is 4.96. The third kappa shape index (κ3) is 2.47. The summed E-state index contributed by atoms with van der Waals surface area (Å²) < 4.78 is 0. The number of halogens is 1. The predicted molar refractivity (Wildman–Crippen MR) is 83.6 cm³/mol. The fourth-order valence-corrected chi connectivity index (χ4v) is 2.38. The van der Waals surface area contributed by atoms with E-state index >= 15 is 0 Å². The van der Waals surface area contributed by atoms with Crippen molar-refractivity contribution in [3.63, 3.8) is 0 Å². The van der Waals surface area contributed by atoms with Crippen LogP contribution in [0.1, 0.15) is 5.56 Å². The number of aromatic nitrogens is 2. The van der Waals surface area contributed by atoms with Crippen molar-refractivity contribution in [3.8, 4) is 28.6 Å². The first-order valence-corrected chi connectivity index (χ1v) is 6.67. The zero-order chi connectivity index (χ0) is 14.8. The van der Waals surface area contributed by atoms with E-state index < -0.39 is 0 Å². The van der Waals surface area contributed by atoms with Gasteiger partial charge in [0.25, 0.3) is 0 Å². The minimum atomic E-state index is 0.208. The third-order valence-electron chi connectivity index (χ3n) is 3.17. The molecule has 1 aromatic carbocycles. The minimum Gasteiger partial charge on any atom is -0.383 e. The molecule has 4 nitrogen and oxygen atoms in total. The zero-order valence-electron chi connectivity index (χ0n) is 11.0. The number of hydrogen-bond donors (Lipinski definition) is 2. The second-order valence-electron chi connectivity index (χ2n) is 4.52. The molecule has 0 saturated carbocycles. The highest BCUT2D eigenvalue weighted by Crippen LogP contribution is 2.30. The SMILES string of the molecule is N#Cc1c(-c2ccc[nH]2)cc(-c2cccc(Cl)c2)nc1N. The van der Waals surface area contributed by atoms with Gasteiger partial charge in [-0.3, -0.25) is 0 Å². The summed E-state index contributed by atoms with van der Waals surface area (Å²) in [5, 5.41) is 9.92. The average molecular weight is 295 g/mol. The van der Waals surface area contributed by atoms with Gasteiger partial charge in [-0.25, -0.2) is 4.98 Å². The molecule has 0 atom stereocenters. The first-order valence-electron chi connectivity index (χ1n) is 6.29. The van der Waals surface area contributed by atoms with Crippen LogP contribution in [-0.2, 0) is 0 Å². The highest BCUT2D eigenvalue weighted by molar-refractivity contribution is 6.30. The molecule has 5 heteroatoms. The van der Waals surface area contributed by atoms with E-state index in [9.17, 15) is 5.26 Å². The lowest BCUT2D eigenvalue weighted by Crippen LogP contribution is -1.99. The van der Waals surface area contributed by atoms with Crippen molar-refractivity contribution in [2.45, 2.75) is 0 Å². The largest absolute Gasteiger partial charge is 0.383 e. The van der Waals surface area contributed by atoms with Crippen molar-refractivity contribution >= 4 is 17.4 Å². The molecule has 0 bridgehead atoms. The Morgan fingerprint density at radius 2 is 2.05 bits per heavy atom. The molecule has 0 amide bonds. The third-order valence-corrected chi connectivity index (χ3v) is 3.40. The molecule has 0 aliphatic carbocycles. The molecule has 3 aromatic rings. The molecule has 2 heterocycles. The normalized spacial score (nSPS) is 10.3. The molecule has 0 aliphatic rings. The number of anilines is 1. The van der Waals surface area contributed by atoms with Crippen LogP contribution in [0.4, 0.5) is 5.82 Å². The van der Waals surface area contributed by atoms with Crippen molar-refractivity contribution in [1.82, 2.24) is 9.97 Å². The Labute approximate surface area is 126 Å². The van der Waals surface area contributed by atoms with Gasteiger partial charge in [0.1, 0.15) is 17.5 Å². The first kappa shape index (κ1) is 13.2. The maximum Gasteiger partial charge on any atom is 0.142 e. The van der Waals surface area contributed by atoms with Crippen LogP contribution in [0.5, 0.6) is 0 Å². The highest BCUT2D eigenvalue weighted by Gasteiger charge is 2.13. The van der Waals surface area contributed by atoms with Gasteiger partial charge >= 0.3 is 0 Å². The Balaban J connectivity index is 2.23. The average Bonchev–Trinajstić information content (AvgIpc) is 3.00. The van der Waals surface area contributed by atoms with Gasteiger partial charge < -0.3 is 10.7 Å². The Kier molecular flexibility index (Phi) is 3.35. The fraction of sp³-hybridized carbons (Fsp3) is 0. The van der Waals surface area contributed by atoms with Crippen LogP contribution in [0.2, 0.25) is 5.02 Å². The molecule has 0 aliphatic heterocycles. The molecule has 102 valence electrons. The number of nitrogens with two attached hydrogens (primary N) is 1. The highest BCUT2D eigenvalue weighted by atomic mass is 35.5. The Hall–Kier alpha value is -2.77. The van der Waals surface area contributed by atoms with Crippen LogP contribution in [0.15, 0.2) is 48.7 Å². The topological polar surface area (TPSA) is 78.5 Å². The van der Waals surface area contributed by atoms with E-state index in [0.29, 0.717) is 16.3 Å². The van der Waals surface area contributed by atoms with Crippen molar-refractivity contribution in [1.29, 1.82) is 5.26 Å². The van der Waals surface area contributed by atoms with Gasteiger partial charge in [0.05, 0.1) is 5.69 Å². The lowest BCUT2D eigenvalue weighted by Gasteiger charge is -2.09. The molecule has 21 heavy (non-hydrogen) atoms. The number of benzene rings is 1. The van der Waals surface area contributed by atoms with E-state index in [0.717, 1.165) is 16.8 Å². The molecular weight excluding hydrogens is 284 g/mol. The summed E-state index contributed by atoms with van der Waals surface area (Å²) in [4.78, 5) is 7.39. The summed E-state index contributed by atoms with van der Waals surface area (Å²) in [5.41, 5.74) is 9.38. The molecule has 0 unspecified atom stereocenters. The first-order chi connectivity index (χ1) is 10.2. The maximum atomic E-state index is 9.30. The maximum absolute atomic E-state index is 9.30. The van der Waals surface area contributed by atoms with Crippen molar-refractivity contribution in [3.05, 3.63) is 59.2 Å². The second kappa shape index (κ2) is 5.31. The number of nitrogens with one attached hydrogen (secondary N) is 1. The van der Waals surface area contributed by atoms with Crippen molar-refractivity contribution in [2.75, 3.05) is 5.73 Å². The molecular formula is C16H11ClN4. The van der Waals surface area contributed by atoms with Crippen LogP contribution in [-0.4, -0.2) is 9.97 Å². The zero-order valence-corrected chi connectivity index (χ0v) is 11.7. The van der Waals surface area contributed by atoms with Gasteiger partial charge in [0, 0.05) is 28.0 Å². The van der Waals surface area contributed by atoms with E-state index in [-0.39, 0.29) is 5.82 Å². The van der Waals surface area contributed by atoms with Crippen LogP contribution in [0.3, 0.4) is 0 Å². The van der Waals surface area contributed by atoms with Crippen molar-refractivity contribution in [2.24, 2.45) is 0 Å². The fourth-order valence-electron chi connectivity index (χ4n) is 2.19. The summed E-state index contributed by atoms with van der Waals surface area (Å²) in [6, 6.07) is 15.1. The smallest absolute Gasteiger partial charge is 0.142 e. The molecule has 0 radical (unpaired) electrons. The Morgan fingerprint density at radius 1 is 1.19 bits per heavy atom. The number of nitriles is 1. The number of H-pyrrole nitrogens is 1. The standard InChI is InChI=1S/C16H11ClN4/c17-11-4-1-3-10(7-11)15-8-12(14-5-2-6-20-14)13(9-18)16(19)21-15/h1-8,20H,(H2,19,21). The summed E-state index contributed by atoms with van der Waals surface area (Å²) >= 11 is 6.01. The molecule has 0 spiro atoms. The lowest BCUT2D eigenvalue weighted by molar-refractivity contribution is 1.29. The van der Waals surface area contributed by atoms with E-state index in [1.807, 2.05) is 36.4 Å². The Bertz CT molecular complexity index is 832. The van der Waals surface area contributed by atoms with E-state index in [1.54, 1.807) is 12.3 Å². The number of nitrogens with zero attached hydrogens (tertiary/aromatic N) is 2. The summed E-state index contributed by atoms with van der Waals surface area (Å²) in [6.45, 7) is 0. The molecule has 2 aromatic heterocycles. The summed E-state index contributed by atoms with van der Waals surface area (Å²) in [7, 11) is 0. The molecule has 3 N–H and O–H groups in total. The van der Waals surface area contributed by atoms with Crippen LogP contribution < -0.4 is 5.73 Å². The van der Waals surface area contributed by atoms with Gasteiger partial charge in [-0.05, 0) is 30.3 Å². The summed E-state index contributed by atoms with van der Waals surface area (Å²) in [5.74, 6) is 0.208. The van der Waals surface area contributed by atoms with Crippen LogP contribution >= 0.6 is 11.6 Å². The van der Waals surface area contributed by atoms with Crippen LogP contribution in [0, 0.1) is 11.3 Å². The van der Waals surface area contributed by atoms with E-state index in [4.69, 9.17) is 17.3 Å². The van der Waals surface area contributed by atoms with Gasteiger partial charge in [-0.15, -0.1) is 0 Å². The van der Waals surface area contributed by atoms with Gasteiger partial charge in [0.15, 0.2) is 0 Å². The van der Waals surface area contributed by atoms with Gasteiger partial charge in [-0.1, -0.05) is 23.7 Å². The lowest BCUT2D eigenvalue weighted by atomic mass is 10.0. The molecule has 0 saturated heterocycles. The van der Waals surface area contributed by atoms with E-state index in [1.165, 1.54) is 0 Å². The van der Waals surface area contributed by atoms with Crippen LogP contribution in [0.25, 0.3) is 22.5 Å². The Morgan fingerprint density at radius 3 is 2.71 bits per heavy atom. The number of aromatic amines is 1. The predicted octanol–water partition coefficient (Wildman–Crippen LogP) is 3.85. The quantitative estimate of drug-likeness (QED) is 0.753. The van der Waals surface area contributed by atoms with E-state index in [2.05, 4.69) is 16.0 Å². The van der Waals surface area contributed by atoms with Gasteiger partial charge in [0.2, 0.25) is 0 Å². The monoisotopic (exact) mass is 294 g/mol. The number of hydrogen-bond acceptors (Lipinski definition) is 3. The molecule has 0 fully saturated rings. The minimum absolute atomic E-state index is 0.208.